The van der Waals surface area contributed by atoms with Gasteiger partial charge in [-0.1, -0.05) is 18.2 Å². The molecule has 1 aromatic carbocycles. The van der Waals surface area contributed by atoms with Crippen molar-refractivity contribution in [2.24, 2.45) is 0 Å². The molecule has 2 aliphatic rings. The number of carbonyl (C=O) groups is 1. The normalized spacial score (nSPS) is 23.5. The topological polar surface area (TPSA) is 84.5 Å². The molecule has 6 nitrogen and oxygen atoms in total. The number of ether oxygens (including phenoxy) is 1. The first kappa shape index (κ1) is 17.2. The van der Waals surface area contributed by atoms with Gasteiger partial charge in [-0.15, -0.1) is 0 Å². The molecule has 24 heavy (non-hydrogen) atoms. The van der Waals surface area contributed by atoms with Crippen LogP contribution < -0.4 is 15.4 Å². The molecule has 0 aromatic heterocycles. The second kappa shape index (κ2) is 6.72. The summed E-state index contributed by atoms with van der Waals surface area (Å²) in [5.41, 5.74) is 0.918. The highest BCUT2D eigenvalue weighted by atomic mass is 32.2. The Morgan fingerprint density at radius 2 is 2.00 bits per heavy atom. The Bertz CT molecular complexity index is 711. The van der Waals surface area contributed by atoms with Crippen LogP contribution in [-0.4, -0.2) is 45.0 Å². The van der Waals surface area contributed by atoms with Crippen molar-refractivity contribution < 1.29 is 17.9 Å². The van der Waals surface area contributed by atoms with Crippen LogP contribution in [0.2, 0.25) is 0 Å². The van der Waals surface area contributed by atoms with Crippen molar-refractivity contribution in [3.63, 3.8) is 0 Å². The van der Waals surface area contributed by atoms with Gasteiger partial charge in [-0.25, -0.2) is 8.42 Å². The minimum absolute atomic E-state index is 0.218. The molecule has 2 heterocycles. The lowest BCUT2D eigenvalue weighted by molar-refractivity contribution is -0.125. The number of hydrogen-bond acceptors (Lipinski definition) is 5. The van der Waals surface area contributed by atoms with E-state index in [2.05, 4.69) is 10.6 Å². The first-order chi connectivity index (χ1) is 11.4. The molecule has 1 amide bonds. The second-order valence-corrected chi connectivity index (χ2v) is 8.90. The van der Waals surface area contributed by atoms with E-state index < -0.39 is 14.6 Å². The van der Waals surface area contributed by atoms with Gasteiger partial charge in [0, 0.05) is 11.8 Å². The summed E-state index contributed by atoms with van der Waals surface area (Å²) in [7, 11) is -3.51. The SMILES string of the molecule is CS(=O)(=O)C1(C(=O)NC2CCCOc3ccccc32)CCNCC1. The Morgan fingerprint density at radius 1 is 1.29 bits per heavy atom. The second-order valence-electron chi connectivity index (χ2n) is 6.57. The van der Waals surface area contributed by atoms with E-state index in [1.54, 1.807) is 0 Å². The molecule has 1 unspecified atom stereocenters. The van der Waals surface area contributed by atoms with E-state index in [0.717, 1.165) is 24.2 Å². The summed E-state index contributed by atoms with van der Waals surface area (Å²) in [5.74, 6) is 0.382. The lowest BCUT2D eigenvalue weighted by atomic mass is 9.94. The summed E-state index contributed by atoms with van der Waals surface area (Å²) in [4.78, 5) is 13.0. The van der Waals surface area contributed by atoms with Gasteiger partial charge in [-0.2, -0.15) is 0 Å². The number of sulfone groups is 1. The minimum Gasteiger partial charge on any atom is -0.493 e. The lowest BCUT2D eigenvalue weighted by Crippen LogP contribution is -2.57. The fourth-order valence-corrected chi connectivity index (χ4v) is 4.90. The highest BCUT2D eigenvalue weighted by Crippen LogP contribution is 2.34. The smallest absolute Gasteiger partial charge is 0.242 e. The number of nitrogens with one attached hydrogen (secondary N) is 2. The third-order valence-electron chi connectivity index (χ3n) is 5.03. The predicted octanol–water partition coefficient (Wildman–Crippen LogP) is 1.18. The molecule has 0 bridgehead atoms. The highest BCUT2D eigenvalue weighted by molar-refractivity contribution is 7.92. The Morgan fingerprint density at radius 3 is 2.71 bits per heavy atom. The Hall–Kier alpha value is -1.60. The molecule has 132 valence electrons. The fraction of sp³-hybridized carbons (Fsp3) is 0.588. The van der Waals surface area contributed by atoms with E-state index >= 15 is 0 Å². The highest BCUT2D eigenvalue weighted by Gasteiger charge is 2.49. The maximum absolute atomic E-state index is 13.0. The minimum atomic E-state index is -3.51. The number of piperidine rings is 1. The number of amides is 1. The van der Waals surface area contributed by atoms with E-state index in [4.69, 9.17) is 4.74 Å². The van der Waals surface area contributed by atoms with E-state index in [1.165, 1.54) is 6.26 Å². The number of para-hydroxylation sites is 1. The molecule has 2 aliphatic heterocycles. The van der Waals surface area contributed by atoms with E-state index in [0.29, 0.717) is 32.5 Å². The first-order valence-corrected chi connectivity index (χ1v) is 10.3. The van der Waals surface area contributed by atoms with Gasteiger partial charge in [0.25, 0.3) is 0 Å². The molecule has 0 spiro atoms. The standard InChI is InChI=1S/C17H24N2O4S/c1-24(21,22)17(8-10-18-11-9-17)16(20)19-14-6-4-12-23-15-7-3-2-5-13(14)15/h2-3,5,7,14,18H,4,6,8-12H2,1H3,(H,19,20). The number of rotatable bonds is 3. The molecular weight excluding hydrogens is 328 g/mol. The van der Waals surface area contributed by atoms with Crippen molar-refractivity contribution in [3.8, 4) is 5.75 Å². The largest absolute Gasteiger partial charge is 0.493 e. The van der Waals surface area contributed by atoms with E-state index in [9.17, 15) is 13.2 Å². The van der Waals surface area contributed by atoms with Crippen LogP contribution in [0.15, 0.2) is 24.3 Å². The zero-order valence-electron chi connectivity index (χ0n) is 13.9. The molecule has 0 radical (unpaired) electrons. The Kier molecular flexibility index (Phi) is 4.83. The summed E-state index contributed by atoms with van der Waals surface area (Å²) in [6.45, 7) is 1.67. The zero-order valence-corrected chi connectivity index (χ0v) is 14.7. The molecular formula is C17H24N2O4S. The van der Waals surface area contributed by atoms with Gasteiger partial charge in [0.05, 0.1) is 12.6 Å². The van der Waals surface area contributed by atoms with E-state index in [-0.39, 0.29) is 11.9 Å². The van der Waals surface area contributed by atoms with Crippen molar-refractivity contribution in [1.29, 1.82) is 0 Å². The van der Waals surface area contributed by atoms with Crippen molar-refractivity contribution in [3.05, 3.63) is 29.8 Å². The van der Waals surface area contributed by atoms with Crippen LogP contribution >= 0.6 is 0 Å². The number of benzene rings is 1. The summed E-state index contributed by atoms with van der Waals surface area (Å²) in [6, 6.07) is 7.40. The third kappa shape index (κ3) is 3.15. The van der Waals surface area contributed by atoms with Crippen molar-refractivity contribution in [2.45, 2.75) is 36.5 Å². The summed E-state index contributed by atoms with van der Waals surface area (Å²) in [5, 5.41) is 6.14. The molecule has 1 aromatic rings. The molecule has 0 aliphatic carbocycles. The van der Waals surface area contributed by atoms with Gasteiger partial charge in [0.2, 0.25) is 5.91 Å². The lowest BCUT2D eigenvalue weighted by Gasteiger charge is -2.35. The summed E-state index contributed by atoms with van der Waals surface area (Å²) in [6.07, 6.45) is 3.33. The molecule has 3 rings (SSSR count). The maximum Gasteiger partial charge on any atom is 0.242 e. The molecule has 2 N–H and O–H groups in total. The van der Waals surface area contributed by atoms with Gasteiger partial charge in [0.15, 0.2) is 14.6 Å². The molecule has 1 fully saturated rings. The first-order valence-electron chi connectivity index (χ1n) is 8.37. The zero-order chi connectivity index (χ0) is 17.2. The summed E-state index contributed by atoms with van der Waals surface area (Å²) >= 11 is 0. The van der Waals surface area contributed by atoms with Crippen LogP contribution in [-0.2, 0) is 14.6 Å². The monoisotopic (exact) mass is 352 g/mol. The van der Waals surface area contributed by atoms with Crippen molar-refractivity contribution in [1.82, 2.24) is 10.6 Å². The summed E-state index contributed by atoms with van der Waals surface area (Å²) < 4.78 is 29.2. The van der Waals surface area contributed by atoms with Gasteiger partial charge in [0.1, 0.15) is 5.75 Å². The van der Waals surface area contributed by atoms with Crippen molar-refractivity contribution >= 4 is 15.7 Å². The van der Waals surface area contributed by atoms with Crippen LogP contribution in [0.4, 0.5) is 0 Å². The maximum atomic E-state index is 13.0. The van der Waals surface area contributed by atoms with Crippen LogP contribution in [0.5, 0.6) is 5.75 Å². The van der Waals surface area contributed by atoms with Crippen LogP contribution in [0, 0.1) is 0 Å². The number of fused-ring (bicyclic) bond motifs is 1. The quantitative estimate of drug-likeness (QED) is 0.853. The molecule has 1 saturated heterocycles. The Labute approximate surface area is 142 Å². The van der Waals surface area contributed by atoms with Gasteiger partial charge in [-0.05, 0) is 44.8 Å². The number of hydrogen-bond donors (Lipinski definition) is 2. The van der Waals surface area contributed by atoms with Gasteiger partial charge in [-0.3, -0.25) is 4.79 Å². The van der Waals surface area contributed by atoms with Gasteiger partial charge < -0.3 is 15.4 Å². The average Bonchev–Trinajstić information content (AvgIpc) is 2.77. The average molecular weight is 352 g/mol. The van der Waals surface area contributed by atoms with E-state index in [1.807, 2.05) is 24.3 Å². The molecule has 0 saturated carbocycles. The van der Waals surface area contributed by atoms with Crippen LogP contribution in [0.3, 0.4) is 0 Å². The molecule has 7 heteroatoms. The third-order valence-corrected chi connectivity index (χ3v) is 7.04. The van der Waals surface area contributed by atoms with Gasteiger partial charge >= 0.3 is 0 Å². The van der Waals surface area contributed by atoms with Crippen molar-refractivity contribution in [2.75, 3.05) is 26.0 Å². The number of carbonyl (C=O) groups excluding carboxylic acids is 1. The van der Waals surface area contributed by atoms with Crippen LogP contribution in [0.1, 0.15) is 37.3 Å². The molecule has 1 atom stereocenters. The van der Waals surface area contributed by atoms with Crippen LogP contribution in [0.25, 0.3) is 0 Å². The Balaban J connectivity index is 1.88. The fourth-order valence-electron chi connectivity index (χ4n) is 3.56. The predicted molar refractivity (Wildman–Crippen MR) is 91.7 cm³/mol.